The van der Waals surface area contributed by atoms with Crippen LogP contribution in [0.1, 0.15) is 395 Å². The number of rotatable bonds is 75. The van der Waals surface area contributed by atoms with Crippen molar-refractivity contribution >= 4 is 39.5 Å². The van der Waals surface area contributed by atoms with Gasteiger partial charge in [0, 0.05) is 25.7 Å². The zero-order chi connectivity index (χ0) is 70.0. The average Bonchev–Trinajstić information content (AvgIpc) is 2.65. The molecule has 0 amide bonds. The number of aliphatic hydroxyl groups excluding tert-OH is 1. The summed E-state index contributed by atoms with van der Waals surface area (Å²) in [5.41, 5.74) is 0. The molecule has 0 aromatic heterocycles. The van der Waals surface area contributed by atoms with Crippen LogP contribution >= 0.6 is 15.6 Å². The van der Waals surface area contributed by atoms with Crippen molar-refractivity contribution in [3.05, 3.63) is 0 Å². The van der Waals surface area contributed by atoms with Crippen LogP contribution in [0, 0.1) is 11.8 Å². The van der Waals surface area contributed by atoms with E-state index in [1.807, 2.05) is 0 Å². The van der Waals surface area contributed by atoms with Gasteiger partial charge >= 0.3 is 39.5 Å². The minimum atomic E-state index is -4.96. The van der Waals surface area contributed by atoms with Crippen LogP contribution in [0.2, 0.25) is 0 Å². The van der Waals surface area contributed by atoms with Crippen molar-refractivity contribution < 1.29 is 80.2 Å². The van der Waals surface area contributed by atoms with Gasteiger partial charge in [0.1, 0.15) is 19.3 Å². The number of ether oxygens (including phenoxy) is 4. The third kappa shape index (κ3) is 70.3. The fourth-order valence-corrected chi connectivity index (χ4v) is 13.2. The molecule has 0 saturated carbocycles. The maximum atomic E-state index is 13.1. The third-order valence-electron chi connectivity index (χ3n) is 17.7. The number of esters is 4. The smallest absolute Gasteiger partial charge is 0.462 e. The number of carbonyl (C=O) groups excluding carboxylic acids is 4. The lowest BCUT2D eigenvalue weighted by atomic mass is 10.0. The van der Waals surface area contributed by atoms with Crippen LogP contribution in [0.4, 0.5) is 0 Å². The molecular formula is C76H148O17P2. The van der Waals surface area contributed by atoms with Crippen LogP contribution < -0.4 is 0 Å². The van der Waals surface area contributed by atoms with Crippen LogP contribution in [-0.2, 0) is 65.4 Å². The molecule has 2 unspecified atom stereocenters. The van der Waals surface area contributed by atoms with E-state index >= 15 is 0 Å². The molecule has 0 saturated heterocycles. The van der Waals surface area contributed by atoms with Gasteiger partial charge in [0.25, 0.3) is 0 Å². The second-order valence-electron chi connectivity index (χ2n) is 28.3. The highest BCUT2D eigenvalue weighted by molar-refractivity contribution is 7.47. The molecule has 0 fully saturated rings. The first-order valence-electron chi connectivity index (χ1n) is 39.5. The quantitative estimate of drug-likeness (QED) is 0.0222. The molecule has 5 atom stereocenters. The van der Waals surface area contributed by atoms with Gasteiger partial charge in [-0.15, -0.1) is 0 Å². The summed E-state index contributed by atoms with van der Waals surface area (Å²) in [6.07, 6.45) is 56.2. The van der Waals surface area contributed by atoms with Gasteiger partial charge in [-0.1, -0.05) is 343 Å². The summed E-state index contributed by atoms with van der Waals surface area (Å²) in [6, 6.07) is 0. The lowest BCUT2D eigenvalue weighted by Crippen LogP contribution is -2.30. The van der Waals surface area contributed by atoms with Crippen molar-refractivity contribution in [3.63, 3.8) is 0 Å². The average molecular weight is 1400 g/mol. The van der Waals surface area contributed by atoms with Gasteiger partial charge < -0.3 is 33.8 Å². The van der Waals surface area contributed by atoms with Crippen molar-refractivity contribution in [2.45, 2.75) is 413 Å². The summed E-state index contributed by atoms with van der Waals surface area (Å²) in [4.78, 5) is 72.5. The number of hydrogen-bond acceptors (Lipinski definition) is 15. The predicted octanol–water partition coefficient (Wildman–Crippen LogP) is 22.3. The van der Waals surface area contributed by atoms with E-state index in [0.717, 1.165) is 108 Å². The van der Waals surface area contributed by atoms with E-state index in [1.54, 1.807) is 0 Å². The van der Waals surface area contributed by atoms with Crippen LogP contribution in [0.3, 0.4) is 0 Å². The number of aliphatic hydroxyl groups is 1. The normalized spacial score (nSPS) is 14.0. The number of unbranched alkanes of at least 4 members (excludes halogenated alkanes) is 45. The Labute approximate surface area is 581 Å². The third-order valence-corrected chi connectivity index (χ3v) is 19.6. The Bertz CT molecular complexity index is 1840. The second kappa shape index (κ2) is 67.9. The molecule has 95 heavy (non-hydrogen) atoms. The molecular weight excluding hydrogens is 1250 g/mol. The molecule has 19 heteroatoms. The maximum Gasteiger partial charge on any atom is 0.472 e. The number of phosphoric acid groups is 2. The van der Waals surface area contributed by atoms with Crippen molar-refractivity contribution in [2.75, 3.05) is 39.6 Å². The Kier molecular flexibility index (Phi) is 66.5. The molecule has 0 bridgehead atoms. The highest BCUT2D eigenvalue weighted by Crippen LogP contribution is 2.45. The monoisotopic (exact) mass is 1400 g/mol. The molecule has 0 aromatic rings. The summed E-state index contributed by atoms with van der Waals surface area (Å²) in [5, 5.41) is 10.6. The Morgan fingerprint density at radius 1 is 0.284 bits per heavy atom. The summed E-state index contributed by atoms with van der Waals surface area (Å²) in [7, 11) is -9.90. The van der Waals surface area contributed by atoms with E-state index in [1.165, 1.54) is 205 Å². The van der Waals surface area contributed by atoms with Gasteiger partial charge in [-0.05, 0) is 37.5 Å². The molecule has 0 radical (unpaired) electrons. The van der Waals surface area contributed by atoms with Gasteiger partial charge in [0.2, 0.25) is 0 Å². The summed E-state index contributed by atoms with van der Waals surface area (Å²) >= 11 is 0. The fourth-order valence-electron chi connectivity index (χ4n) is 11.7. The SMILES string of the molecule is CCCCCCCCCCCCCCCCCCCCCCCCC(=O)O[C@H](COC(=O)CCCCCCCCCCCCCCCCC(C)C)COP(=O)(O)OC[C@@H](O)COP(=O)(O)OC[C@@H](COC(=O)CCCCCCC)OC(=O)CCCCCCCCCCC(C)C. The van der Waals surface area contributed by atoms with Crippen LogP contribution in [0.5, 0.6) is 0 Å². The Morgan fingerprint density at radius 2 is 0.484 bits per heavy atom. The van der Waals surface area contributed by atoms with Gasteiger partial charge in [0.05, 0.1) is 26.4 Å². The zero-order valence-corrected chi connectivity index (χ0v) is 63.8. The van der Waals surface area contributed by atoms with Crippen molar-refractivity contribution in [3.8, 4) is 0 Å². The van der Waals surface area contributed by atoms with Gasteiger partial charge in [-0.2, -0.15) is 0 Å². The number of carbonyl (C=O) groups is 4. The predicted molar refractivity (Wildman–Crippen MR) is 386 cm³/mol. The summed E-state index contributed by atoms with van der Waals surface area (Å²) in [6.45, 7) is 9.48. The lowest BCUT2D eigenvalue weighted by Gasteiger charge is -2.21. The van der Waals surface area contributed by atoms with E-state index < -0.39 is 97.5 Å². The van der Waals surface area contributed by atoms with Crippen molar-refractivity contribution in [1.29, 1.82) is 0 Å². The largest absolute Gasteiger partial charge is 0.472 e. The lowest BCUT2D eigenvalue weighted by molar-refractivity contribution is -0.161. The Hall–Kier alpha value is -1.94. The minimum absolute atomic E-state index is 0.104. The van der Waals surface area contributed by atoms with E-state index in [4.69, 9.17) is 37.0 Å². The Balaban J connectivity index is 5.11. The maximum absolute atomic E-state index is 13.1. The highest BCUT2D eigenvalue weighted by Gasteiger charge is 2.30. The van der Waals surface area contributed by atoms with Crippen LogP contribution in [0.15, 0.2) is 0 Å². The second-order valence-corrected chi connectivity index (χ2v) is 31.3. The van der Waals surface area contributed by atoms with Crippen molar-refractivity contribution in [1.82, 2.24) is 0 Å². The van der Waals surface area contributed by atoms with Crippen LogP contribution in [0.25, 0.3) is 0 Å². The first-order chi connectivity index (χ1) is 45.9. The molecule has 0 heterocycles. The van der Waals surface area contributed by atoms with Crippen molar-refractivity contribution in [2.24, 2.45) is 11.8 Å². The van der Waals surface area contributed by atoms with Gasteiger partial charge in [-0.25, -0.2) is 9.13 Å². The zero-order valence-electron chi connectivity index (χ0n) is 62.0. The molecule has 0 spiro atoms. The van der Waals surface area contributed by atoms with E-state index in [2.05, 4.69) is 41.5 Å². The highest BCUT2D eigenvalue weighted by atomic mass is 31.2. The molecule has 564 valence electrons. The molecule has 0 aliphatic rings. The summed E-state index contributed by atoms with van der Waals surface area (Å²) in [5.74, 6) is -0.613. The number of phosphoric ester groups is 2. The van der Waals surface area contributed by atoms with Gasteiger partial charge in [-0.3, -0.25) is 37.3 Å². The summed E-state index contributed by atoms with van der Waals surface area (Å²) < 4.78 is 68.2. The molecule has 0 aromatic carbocycles. The first-order valence-corrected chi connectivity index (χ1v) is 42.5. The molecule has 0 aliphatic heterocycles. The molecule has 17 nitrogen and oxygen atoms in total. The van der Waals surface area contributed by atoms with Gasteiger partial charge in [0.15, 0.2) is 12.2 Å². The van der Waals surface area contributed by atoms with E-state index in [9.17, 15) is 43.2 Å². The van der Waals surface area contributed by atoms with E-state index in [-0.39, 0.29) is 25.7 Å². The van der Waals surface area contributed by atoms with Crippen LogP contribution in [-0.4, -0.2) is 96.7 Å². The Morgan fingerprint density at radius 3 is 0.716 bits per heavy atom. The first kappa shape index (κ1) is 93.1. The molecule has 0 rings (SSSR count). The fraction of sp³-hybridized carbons (Fsp3) is 0.947. The molecule has 0 aliphatic carbocycles. The standard InChI is InChI=1S/C76H148O17P2/c1-7-9-11-13-14-15-16-17-18-19-20-21-22-23-24-25-30-33-36-42-48-54-60-75(80)93-72(65-87-74(79)59-53-47-41-35-32-29-27-26-28-31-34-39-45-50-56-68(3)4)67-91-95(84,85)89-63-70(77)62-88-94(82,83)90-66-71(64-86-73(78)58-52-44-12-10-8-2)92-76(81)61-55-49-43-38-37-40-46-51-57-69(5)6/h68-72,77H,7-67H2,1-6H3,(H,82,83)(H,84,85)/t70-,71+,72+/m0/s1. The topological polar surface area (TPSA) is 237 Å². The number of hydrogen-bond donors (Lipinski definition) is 3. The minimum Gasteiger partial charge on any atom is -0.462 e. The molecule has 3 N–H and O–H groups in total. The van der Waals surface area contributed by atoms with E-state index in [0.29, 0.717) is 25.7 Å².